The van der Waals surface area contributed by atoms with Crippen LogP contribution in [0.2, 0.25) is 0 Å². The highest BCUT2D eigenvalue weighted by molar-refractivity contribution is 5.61. The van der Waals surface area contributed by atoms with Gasteiger partial charge >= 0.3 is 0 Å². The Morgan fingerprint density at radius 3 is 2.88 bits per heavy atom. The number of methoxy groups -OCH3 is 1. The number of nitrogens with two attached hydrogens (primary N) is 1. The highest BCUT2D eigenvalue weighted by Crippen LogP contribution is 2.30. The van der Waals surface area contributed by atoms with Crippen molar-refractivity contribution >= 4 is 11.4 Å². The summed E-state index contributed by atoms with van der Waals surface area (Å²) in [7, 11) is 1.68. The predicted molar refractivity (Wildman–Crippen MR) is 68.0 cm³/mol. The molecule has 2 N–H and O–H groups in total. The first-order valence-electron chi connectivity index (χ1n) is 5.92. The third-order valence-electron chi connectivity index (χ3n) is 3.38. The lowest BCUT2D eigenvalue weighted by molar-refractivity contribution is 0.415. The molecule has 1 aliphatic heterocycles. The molecule has 3 nitrogen and oxygen atoms in total. The molecule has 16 heavy (non-hydrogen) atoms. The summed E-state index contributed by atoms with van der Waals surface area (Å²) in [5.41, 5.74) is 7.82. The first-order chi connectivity index (χ1) is 7.72. The van der Waals surface area contributed by atoms with Crippen LogP contribution in [-0.4, -0.2) is 20.2 Å². The first-order valence-corrected chi connectivity index (χ1v) is 5.92. The Morgan fingerprint density at radius 1 is 1.44 bits per heavy atom. The van der Waals surface area contributed by atoms with Crippen molar-refractivity contribution in [3.8, 4) is 5.75 Å². The van der Waals surface area contributed by atoms with Crippen molar-refractivity contribution in [2.45, 2.75) is 19.8 Å². The van der Waals surface area contributed by atoms with Crippen LogP contribution in [0.3, 0.4) is 0 Å². The van der Waals surface area contributed by atoms with Gasteiger partial charge in [0.15, 0.2) is 0 Å². The maximum Gasteiger partial charge on any atom is 0.122 e. The van der Waals surface area contributed by atoms with E-state index in [9.17, 15) is 0 Å². The zero-order chi connectivity index (χ0) is 11.5. The third-order valence-corrected chi connectivity index (χ3v) is 3.38. The molecule has 1 aromatic carbocycles. The van der Waals surface area contributed by atoms with Crippen LogP contribution >= 0.6 is 0 Å². The summed E-state index contributed by atoms with van der Waals surface area (Å²) in [6, 6.07) is 5.95. The van der Waals surface area contributed by atoms with E-state index in [0.29, 0.717) is 0 Å². The van der Waals surface area contributed by atoms with Gasteiger partial charge in [0, 0.05) is 36.6 Å². The van der Waals surface area contributed by atoms with Crippen LogP contribution in [0.4, 0.5) is 11.4 Å². The zero-order valence-electron chi connectivity index (χ0n) is 10.1. The van der Waals surface area contributed by atoms with Gasteiger partial charge < -0.3 is 15.4 Å². The minimum absolute atomic E-state index is 0.772. The standard InChI is InChI=1S/C13H20N2O/c1-3-10-4-5-15(9-10)12-6-11(14)7-13(8-12)16-2/h6-8,10H,3-5,9,14H2,1-2H3. The summed E-state index contributed by atoms with van der Waals surface area (Å²) < 4.78 is 5.24. The van der Waals surface area contributed by atoms with Crippen LogP contribution in [0.25, 0.3) is 0 Å². The number of nitrogens with zero attached hydrogens (tertiary/aromatic N) is 1. The van der Waals surface area contributed by atoms with E-state index in [2.05, 4.69) is 17.9 Å². The molecular weight excluding hydrogens is 200 g/mol. The summed E-state index contributed by atoms with van der Waals surface area (Å²) in [5.74, 6) is 1.67. The minimum Gasteiger partial charge on any atom is -0.497 e. The van der Waals surface area contributed by atoms with Gasteiger partial charge in [0.2, 0.25) is 0 Å². The molecule has 0 bridgehead atoms. The van der Waals surface area contributed by atoms with E-state index < -0.39 is 0 Å². The molecule has 0 aromatic heterocycles. The number of hydrogen-bond acceptors (Lipinski definition) is 3. The largest absolute Gasteiger partial charge is 0.497 e. The van der Waals surface area contributed by atoms with Gasteiger partial charge in [-0.1, -0.05) is 13.3 Å². The molecule has 1 atom stereocenters. The fourth-order valence-corrected chi connectivity index (χ4v) is 2.31. The van der Waals surface area contributed by atoms with Crippen molar-refractivity contribution in [1.29, 1.82) is 0 Å². The number of nitrogen functional groups attached to an aromatic ring is 1. The van der Waals surface area contributed by atoms with E-state index in [0.717, 1.165) is 30.4 Å². The molecule has 0 saturated carbocycles. The SMILES string of the molecule is CCC1CCN(c2cc(N)cc(OC)c2)C1. The van der Waals surface area contributed by atoms with Crippen molar-refractivity contribution in [2.24, 2.45) is 5.92 Å². The maximum atomic E-state index is 5.86. The Labute approximate surface area is 97.2 Å². The summed E-state index contributed by atoms with van der Waals surface area (Å²) in [6.07, 6.45) is 2.55. The van der Waals surface area contributed by atoms with Crippen LogP contribution < -0.4 is 15.4 Å². The van der Waals surface area contributed by atoms with Gasteiger partial charge in [-0.05, 0) is 18.4 Å². The predicted octanol–water partition coefficient (Wildman–Crippen LogP) is 2.51. The quantitative estimate of drug-likeness (QED) is 0.795. The van der Waals surface area contributed by atoms with E-state index in [-0.39, 0.29) is 0 Å². The van der Waals surface area contributed by atoms with Crippen molar-refractivity contribution < 1.29 is 4.74 Å². The van der Waals surface area contributed by atoms with Crippen LogP contribution in [0.5, 0.6) is 5.75 Å². The molecule has 88 valence electrons. The molecule has 1 aromatic rings. The van der Waals surface area contributed by atoms with E-state index >= 15 is 0 Å². The summed E-state index contributed by atoms with van der Waals surface area (Å²) >= 11 is 0. The lowest BCUT2D eigenvalue weighted by atomic mass is 10.1. The molecule has 1 aliphatic rings. The topological polar surface area (TPSA) is 38.5 Å². The lowest BCUT2D eigenvalue weighted by Gasteiger charge is -2.19. The Kier molecular flexibility index (Phi) is 3.22. The second-order valence-corrected chi connectivity index (χ2v) is 4.47. The van der Waals surface area contributed by atoms with Gasteiger partial charge in [0.05, 0.1) is 7.11 Å². The molecule has 3 heteroatoms. The highest BCUT2D eigenvalue weighted by atomic mass is 16.5. The molecule has 1 fully saturated rings. The lowest BCUT2D eigenvalue weighted by Crippen LogP contribution is -2.19. The maximum absolute atomic E-state index is 5.86. The number of ether oxygens (including phenoxy) is 1. The molecular formula is C13H20N2O. The number of hydrogen-bond donors (Lipinski definition) is 1. The van der Waals surface area contributed by atoms with Crippen LogP contribution in [0.1, 0.15) is 19.8 Å². The fraction of sp³-hybridized carbons (Fsp3) is 0.538. The molecule has 0 aliphatic carbocycles. The van der Waals surface area contributed by atoms with Gasteiger partial charge in [-0.2, -0.15) is 0 Å². The van der Waals surface area contributed by atoms with Crippen LogP contribution in [-0.2, 0) is 0 Å². The van der Waals surface area contributed by atoms with Gasteiger partial charge in [-0.15, -0.1) is 0 Å². The van der Waals surface area contributed by atoms with Crippen molar-refractivity contribution in [3.63, 3.8) is 0 Å². The molecule has 1 heterocycles. The Balaban J connectivity index is 2.17. The van der Waals surface area contributed by atoms with Crippen LogP contribution in [0.15, 0.2) is 18.2 Å². The van der Waals surface area contributed by atoms with E-state index in [1.165, 1.54) is 18.5 Å². The second kappa shape index (κ2) is 4.64. The molecule has 0 spiro atoms. The third kappa shape index (κ3) is 2.23. The molecule has 1 saturated heterocycles. The Hall–Kier alpha value is -1.38. The van der Waals surface area contributed by atoms with Gasteiger partial charge in [-0.3, -0.25) is 0 Å². The van der Waals surface area contributed by atoms with Gasteiger partial charge in [-0.25, -0.2) is 0 Å². The smallest absolute Gasteiger partial charge is 0.122 e. The van der Waals surface area contributed by atoms with E-state index in [4.69, 9.17) is 10.5 Å². The molecule has 0 radical (unpaired) electrons. The summed E-state index contributed by atoms with van der Waals surface area (Å²) in [4.78, 5) is 2.40. The van der Waals surface area contributed by atoms with Crippen molar-refractivity contribution in [1.82, 2.24) is 0 Å². The van der Waals surface area contributed by atoms with Gasteiger partial charge in [0.25, 0.3) is 0 Å². The van der Waals surface area contributed by atoms with E-state index in [1.54, 1.807) is 7.11 Å². The Bertz CT molecular complexity index is 365. The van der Waals surface area contributed by atoms with E-state index in [1.807, 2.05) is 12.1 Å². The monoisotopic (exact) mass is 220 g/mol. The number of anilines is 2. The number of benzene rings is 1. The highest BCUT2D eigenvalue weighted by Gasteiger charge is 2.21. The zero-order valence-corrected chi connectivity index (χ0v) is 10.1. The van der Waals surface area contributed by atoms with Crippen molar-refractivity contribution in [3.05, 3.63) is 18.2 Å². The average Bonchev–Trinajstić information content (AvgIpc) is 2.76. The summed E-state index contributed by atoms with van der Waals surface area (Å²) in [5, 5.41) is 0. The Morgan fingerprint density at radius 2 is 2.25 bits per heavy atom. The van der Waals surface area contributed by atoms with Crippen molar-refractivity contribution in [2.75, 3.05) is 30.8 Å². The number of rotatable bonds is 3. The normalized spacial score (nSPS) is 20.1. The molecule has 2 rings (SSSR count). The molecule has 1 unspecified atom stereocenters. The minimum atomic E-state index is 0.772. The average molecular weight is 220 g/mol. The molecule has 0 amide bonds. The first kappa shape index (κ1) is 11.1. The van der Waals surface area contributed by atoms with Crippen LogP contribution in [0, 0.1) is 5.92 Å². The second-order valence-electron chi connectivity index (χ2n) is 4.47. The van der Waals surface area contributed by atoms with Gasteiger partial charge in [0.1, 0.15) is 5.75 Å². The summed E-state index contributed by atoms with van der Waals surface area (Å²) in [6.45, 7) is 4.53. The fourth-order valence-electron chi connectivity index (χ4n) is 2.31.